The highest BCUT2D eigenvalue weighted by molar-refractivity contribution is 5.84. The number of hydrogen-bond acceptors (Lipinski definition) is 3. The standard InChI is InChI=1S/C18H27N3/c1-6-19-12-14-11-17(21(5)13-18(2,3)4)20-16-10-8-7-9-15(14)16/h7-11,19H,6,12-13H2,1-5H3. The van der Waals surface area contributed by atoms with E-state index in [9.17, 15) is 0 Å². The number of rotatable bonds is 5. The topological polar surface area (TPSA) is 28.2 Å². The number of pyridine rings is 1. The van der Waals surface area contributed by atoms with Gasteiger partial charge in [-0.1, -0.05) is 45.9 Å². The van der Waals surface area contributed by atoms with Gasteiger partial charge < -0.3 is 10.2 Å². The molecule has 0 aliphatic heterocycles. The monoisotopic (exact) mass is 285 g/mol. The molecular weight excluding hydrogens is 258 g/mol. The van der Waals surface area contributed by atoms with Crippen LogP contribution in [0.15, 0.2) is 30.3 Å². The van der Waals surface area contributed by atoms with E-state index in [2.05, 4.69) is 75.3 Å². The lowest BCUT2D eigenvalue weighted by Gasteiger charge is -2.28. The predicted octanol–water partition coefficient (Wildman–Crippen LogP) is 3.83. The third-order valence-corrected chi connectivity index (χ3v) is 3.46. The fourth-order valence-electron chi connectivity index (χ4n) is 2.63. The first-order chi connectivity index (χ1) is 9.90. The molecule has 0 atom stereocenters. The van der Waals surface area contributed by atoms with Crippen LogP contribution >= 0.6 is 0 Å². The molecule has 0 fully saturated rings. The Bertz CT molecular complexity index is 599. The minimum atomic E-state index is 0.254. The number of nitrogens with zero attached hydrogens (tertiary/aromatic N) is 2. The van der Waals surface area contributed by atoms with Crippen LogP contribution in [0.1, 0.15) is 33.3 Å². The largest absolute Gasteiger partial charge is 0.359 e. The number of para-hydroxylation sites is 1. The normalized spacial score (nSPS) is 11.9. The minimum Gasteiger partial charge on any atom is -0.359 e. The molecular formula is C18H27N3. The van der Waals surface area contributed by atoms with Crippen molar-refractivity contribution in [3.05, 3.63) is 35.9 Å². The predicted molar refractivity (Wildman–Crippen MR) is 91.8 cm³/mol. The van der Waals surface area contributed by atoms with Crippen LogP contribution in [0.4, 0.5) is 5.82 Å². The number of anilines is 1. The zero-order valence-corrected chi connectivity index (χ0v) is 13.9. The van der Waals surface area contributed by atoms with Crippen molar-refractivity contribution in [3.63, 3.8) is 0 Å². The molecule has 1 aromatic carbocycles. The van der Waals surface area contributed by atoms with Crippen LogP contribution in [0.2, 0.25) is 0 Å². The Labute approximate surface area is 128 Å². The van der Waals surface area contributed by atoms with Gasteiger partial charge in [-0.05, 0) is 29.7 Å². The van der Waals surface area contributed by atoms with Crippen LogP contribution in [0.3, 0.4) is 0 Å². The van der Waals surface area contributed by atoms with Crippen molar-refractivity contribution in [1.82, 2.24) is 10.3 Å². The van der Waals surface area contributed by atoms with Gasteiger partial charge in [0.25, 0.3) is 0 Å². The SMILES string of the molecule is CCNCc1cc(N(C)CC(C)(C)C)nc2ccccc12. The van der Waals surface area contributed by atoms with E-state index >= 15 is 0 Å². The number of fused-ring (bicyclic) bond motifs is 1. The molecule has 3 nitrogen and oxygen atoms in total. The summed E-state index contributed by atoms with van der Waals surface area (Å²) in [4.78, 5) is 7.08. The van der Waals surface area contributed by atoms with Crippen molar-refractivity contribution >= 4 is 16.7 Å². The summed E-state index contributed by atoms with van der Waals surface area (Å²) in [6.45, 7) is 11.7. The zero-order valence-electron chi connectivity index (χ0n) is 13.9. The van der Waals surface area contributed by atoms with Crippen molar-refractivity contribution in [2.45, 2.75) is 34.2 Å². The number of hydrogen-bond donors (Lipinski definition) is 1. The average molecular weight is 285 g/mol. The third kappa shape index (κ3) is 4.18. The van der Waals surface area contributed by atoms with E-state index in [0.29, 0.717) is 0 Å². The van der Waals surface area contributed by atoms with Gasteiger partial charge in [0.2, 0.25) is 0 Å². The van der Waals surface area contributed by atoms with E-state index in [0.717, 1.165) is 31.0 Å². The second-order valence-electron chi connectivity index (χ2n) is 6.85. The fourth-order valence-corrected chi connectivity index (χ4v) is 2.63. The number of aromatic nitrogens is 1. The van der Waals surface area contributed by atoms with Gasteiger partial charge in [0.05, 0.1) is 5.52 Å². The zero-order chi connectivity index (χ0) is 15.5. The summed E-state index contributed by atoms with van der Waals surface area (Å²) < 4.78 is 0. The first kappa shape index (κ1) is 15.8. The van der Waals surface area contributed by atoms with E-state index in [1.165, 1.54) is 10.9 Å². The van der Waals surface area contributed by atoms with Crippen LogP contribution < -0.4 is 10.2 Å². The van der Waals surface area contributed by atoms with Crippen LogP contribution in [0.5, 0.6) is 0 Å². The highest BCUT2D eigenvalue weighted by Crippen LogP contribution is 2.24. The molecule has 0 saturated carbocycles. The fraction of sp³-hybridized carbons (Fsp3) is 0.500. The van der Waals surface area contributed by atoms with Crippen LogP contribution in [0.25, 0.3) is 10.9 Å². The lowest BCUT2D eigenvalue weighted by Crippen LogP contribution is -2.30. The second-order valence-corrected chi connectivity index (χ2v) is 6.85. The molecule has 0 saturated heterocycles. The van der Waals surface area contributed by atoms with Gasteiger partial charge in [0, 0.05) is 25.5 Å². The smallest absolute Gasteiger partial charge is 0.129 e. The van der Waals surface area contributed by atoms with Gasteiger partial charge in [-0.25, -0.2) is 4.98 Å². The van der Waals surface area contributed by atoms with Crippen LogP contribution in [-0.2, 0) is 6.54 Å². The molecule has 0 bridgehead atoms. The molecule has 0 aliphatic carbocycles. The van der Waals surface area contributed by atoms with Gasteiger partial charge in [-0.2, -0.15) is 0 Å². The Morgan fingerprint density at radius 1 is 1.19 bits per heavy atom. The minimum absolute atomic E-state index is 0.254. The van der Waals surface area contributed by atoms with Crippen molar-refractivity contribution in [2.75, 3.05) is 25.0 Å². The molecule has 3 heteroatoms. The maximum atomic E-state index is 4.83. The Balaban J connectivity index is 2.40. The molecule has 21 heavy (non-hydrogen) atoms. The Morgan fingerprint density at radius 2 is 1.90 bits per heavy atom. The van der Waals surface area contributed by atoms with Gasteiger partial charge in [-0.3, -0.25) is 0 Å². The average Bonchev–Trinajstić information content (AvgIpc) is 2.42. The van der Waals surface area contributed by atoms with Gasteiger partial charge in [0.15, 0.2) is 0 Å². The molecule has 0 aliphatic rings. The second kappa shape index (κ2) is 6.44. The molecule has 0 amide bonds. The first-order valence-corrected chi connectivity index (χ1v) is 7.71. The molecule has 0 radical (unpaired) electrons. The molecule has 114 valence electrons. The summed E-state index contributed by atoms with van der Waals surface area (Å²) in [5.41, 5.74) is 2.64. The highest BCUT2D eigenvalue weighted by atomic mass is 15.2. The van der Waals surface area contributed by atoms with Crippen molar-refractivity contribution in [2.24, 2.45) is 5.41 Å². The van der Waals surface area contributed by atoms with E-state index in [-0.39, 0.29) is 5.41 Å². The molecule has 1 N–H and O–H groups in total. The maximum Gasteiger partial charge on any atom is 0.129 e. The number of nitrogens with one attached hydrogen (secondary N) is 1. The van der Waals surface area contributed by atoms with Gasteiger partial charge in [-0.15, -0.1) is 0 Å². The summed E-state index contributed by atoms with van der Waals surface area (Å²) in [5, 5.41) is 4.67. The summed E-state index contributed by atoms with van der Waals surface area (Å²) in [7, 11) is 2.12. The molecule has 2 aromatic rings. The highest BCUT2D eigenvalue weighted by Gasteiger charge is 2.16. The van der Waals surface area contributed by atoms with Crippen molar-refractivity contribution in [1.29, 1.82) is 0 Å². The van der Waals surface area contributed by atoms with E-state index in [1.807, 2.05) is 0 Å². The summed E-state index contributed by atoms with van der Waals surface area (Å²) in [6, 6.07) is 10.6. The molecule has 1 heterocycles. The van der Waals surface area contributed by atoms with E-state index in [1.54, 1.807) is 0 Å². The quantitative estimate of drug-likeness (QED) is 0.905. The van der Waals surface area contributed by atoms with Gasteiger partial charge >= 0.3 is 0 Å². The maximum absolute atomic E-state index is 4.83. The summed E-state index contributed by atoms with van der Waals surface area (Å²) in [6.07, 6.45) is 0. The molecule has 0 unspecified atom stereocenters. The van der Waals surface area contributed by atoms with Gasteiger partial charge in [0.1, 0.15) is 5.82 Å². The number of benzene rings is 1. The Morgan fingerprint density at radius 3 is 2.57 bits per heavy atom. The van der Waals surface area contributed by atoms with Crippen LogP contribution in [0, 0.1) is 5.41 Å². The Hall–Kier alpha value is -1.61. The molecule has 2 rings (SSSR count). The van der Waals surface area contributed by atoms with E-state index in [4.69, 9.17) is 4.98 Å². The lowest BCUT2D eigenvalue weighted by atomic mass is 9.96. The van der Waals surface area contributed by atoms with Crippen molar-refractivity contribution in [3.8, 4) is 0 Å². The first-order valence-electron chi connectivity index (χ1n) is 7.71. The van der Waals surface area contributed by atoms with Crippen LogP contribution in [-0.4, -0.2) is 25.1 Å². The van der Waals surface area contributed by atoms with E-state index < -0.39 is 0 Å². The third-order valence-electron chi connectivity index (χ3n) is 3.46. The molecule has 0 spiro atoms. The summed E-state index contributed by atoms with van der Waals surface area (Å²) in [5.74, 6) is 1.05. The van der Waals surface area contributed by atoms with Crippen molar-refractivity contribution < 1.29 is 0 Å². The molecule has 1 aromatic heterocycles. The summed E-state index contributed by atoms with van der Waals surface area (Å²) >= 11 is 0. The lowest BCUT2D eigenvalue weighted by molar-refractivity contribution is 0.418. The Kier molecular flexibility index (Phi) is 4.84.